The highest BCUT2D eigenvalue weighted by Crippen LogP contribution is 2.27. The Hall–Kier alpha value is -2.50. The maximum absolute atomic E-state index is 12.8. The second-order valence-electron chi connectivity index (χ2n) is 7.24. The van der Waals surface area contributed by atoms with Gasteiger partial charge in [-0.1, -0.05) is 12.8 Å². The van der Waals surface area contributed by atoms with Crippen molar-refractivity contribution in [2.45, 2.75) is 25.7 Å². The lowest BCUT2D eigenvalue weighted by atomic mass is 10.1. The van der Waals surface area contributed by atoms with Gasteiger partial charge in [0.2, 0.25) is 5.91 Å². The van der Waals surface area contributed by atoms with Gasteiger partial charge in [-0.15, -0.1) is 0 Å². The fourth-order valence-electron chi connectivity index (χ4n) is 4.08. The highest BCUT2D eigenvalue weighted by Gasteiger charge is 2.31. The number of aromatic nitrogens is 1. The Bertz CT molecular complexity index is 815. The number of nitrogens with zero attached hydrogens (tertiary/aromatic N) is 2. The van der Waals surface area contributed by atoms with E-state index in [-0.39, 0.29) is 17.7 Å². The predicted octanol–water partition coefficient (Wildman–Crippen LogP) is 2.65. The Morgan fingerprint density at radius 1 is 1.04 bits per heavy atom. The molecule has 1 aliphatic carbocycles. The van der Waals surface area contributed by atoms with Crippen molar-refractivity contribution in [3.8, 4) is 5.75 Å². The third-order valence-electron chi connectivity index (χ3n) is 5.64. The Morgan fingerprint density at radius 2 is 1.73 bits per heavy atom. The molecule has 138 valence electrons. The van der Waals surface area contributed by atoms with Gasteiger partial charge in [-0.05, 0) is 31.0 Å². The van der Waals surface area contributed by atoms with E-state index in [1.807, 2.05) is 34.1 Å². The summed E-state index contributed by atoms with van der Waals surface area (Å²) >= 11 is 0. The van der Waals surface area contributed by atoms with Crippen LogP contribution >= 0.6 is 0 Å². The van der Waals surface area contributed by atoms with Crippen LogP contribution in [0.4, 0.5) is 0 Å². The fourth-order valence-corrected chi connectivity index (χ4v) is 4.08. The van der Waals surface area contributed by atoms with Gasteiger partial charge < -0.3 is 19.5 Å². The minimum atomic E-state index is -0.00636. The van der Waals surface area contributed by atoms with Crippen molar-refractivity contribution in [3.63, 3.8) is 0 Å². The van der Waals surface area contributed by atoms with Crippen molar-refractivity contribution in [2.75, 3.05) is 33.3 Å². The van der Waals surface area contributed by atoms with Gasteiger partial charge in [-0.2, -0.15) is 0 Å². The van der Waals surface area contributed by atoms with Crippen molar-refractivity contribution in [1.29, 1.82) is 0 Å². The van der Waals surface area contributed by atoms with Crippen LogP contribution in [0.3, 0.4) is 0 Å². The quantitative estimate of drug-likeness (QED) is 0.920. The predicted molar refractivity (Wildman–Crippen MR) is 99.3 cm³/mol. The Kier molecular flexibility index (Phi) is 4.57. The third-order valence-corrected chi connectivity index (χ3v) is 5.64. The average Bonchev–Trinajstić information content (AvgIpc) is 3.36. The van der Waals surface area contributed by atoms with Gasteiger partial charge in [-0.3, -0.25) is 9.59 Å². The van der Waals surface area contributed by atoms with Crippen molar-refractivity contribution in [1.82, 2.24) is 14.8 Å². The number of aromatic amines is 1. The van der Waals surface area contributed by atoms with Crippen LogP contribution < -0.4 is 4.74 Å². The maximum Gasteiger partial charge on any atom is 0.270 e. The van der Waals surface area contributed by atoms with Gasteiger partial charge in [-0.25, -0.2) is 0 Å². The molecule has 1 N–H and O–H groups in total. The summed E-state index contributed by atoms with van der Waals surface area (Å²) in [6.45, 7) is 2.45. The number of piperazine rings is 1. The molecule has 1 saturated heterocycles. The molecule has 2 amide bonds. The van der Waals surface area contributed by atoms with Crippen LogP contribution in [0.15, 0.2) is 24.3 Å². The van der Waals surface area contributed by atoms with Gasteiger partial charge in [0, 0.05) is 49.1 Å². The minimum Gasteiger partial charge on any atom is -0.497 e. The lowest BCUT2D eigenvalue weighted by Crippen LogP contribution is -2.51. The van der Waals surface area contributed by atoms with Crippen molar-refractivity contribution < 1.29 is 14.3 Å². The number of carbonyl (C=O) groups excluding carboxylic acids is 2. The molecule has 0 bridgehead atoms. The van der Waals surface area contributed by atoms with E-state index in [0.717, 1.165) is 29.5 Å². The zero-order valence-electron chi connectivity index (χ0n) is 15.2. The molecule has 1 aromatic carbocycles. The Labute approximate surface area is 153 Å². The largest absolute Gasteiger partial charge is 0.497 e. The van der Waals surface area contributed by atoms with Crippen LogP contribution in [0.25, 0.3) is 10.9 Å². The number of H-pyrrole nitrogens is 1. The van der Waals surface area contributed by atoms with E-state index in [4.69, 9.17) is 4.74 Å². The summed E-state index contributed by atoms with van der Waals surface area (Å²) in [6, 6.07) is 7.61. The topological polar surface area (TPSA) is 65.6 Å². The normalized spacial score (nSPS) is 18.5. The van der Waals surface area contributed by atoms with Gasteiger partial charge in [0.25, 0.3) is 5.91 Å². The van der Waals surface area contributed by atoms with E-state index in [1.54, 1.807) is 7.11 Å². The second-order valence-corrected chi connectivity index (χ2v) is 7.24. The van der Waals surface area contributed by atoms with Crippen LogP contribution in [0.1, 0.15) is 36.2 Å². The molecule has 0 atom stereocenters. The number of nitrogens with one attached hydrogen (secondary N) is 1. The van der Waals surface area contributed by atoms with Crippen LogP contribution in [0, 0.1) is 5.92 Å². The Balaban J connectivity index is 1.41. The van der Waals surface area contributed by atoms with Crippen LogP contribution in [0.5, 0.6) is 5.75 Å². The molecule has 0 unspecified atom stereocenters. The molecule has 1 aromatic heterocycles. The van der Waals surface area contributed by atoms with E-state index in [1.165, 1.54) is 12.8 Å². The SMILES string of the molecule is COc1ccc2cc(C(=O)N3CCN(C(=O)C4CCCC4)CC3)[nH]c2c1. The first kappa shape index (κ1) is 16.9. The lowest BCUT2D eigenvalue weighted by molar-refractivity contribution is -0.136. The molecule has 0 radical (unpaired) electrons. The first-order valence-electron chi connectivity index (χ1n) is 9.40. The number of fused-ring (bicyclic) bond motifs is 1. The number of hydrogen-bond donors (Lipinski definition) is 1. The summed E-state index contributed by atoms with van der Waals surface area (Å²) in [5.41, 5.74) is 1.48. The molecule has 2 aromatic rings. The summed E-state index contributed by atoms with van der Waals surface area (Å²) in [5, 5.41) is 0.990. The van der Waals surface area contributed by atoms with Crippen molar-refractivity contribution in [3.05, 3.63) is 30.0 Å². The zero-order chi connectivity index (χ0) is 18.1. The number of amides is 2. The number of rotatable bonds is 3. The highest BCUT2D eigenvalue weighted by molar-refractivity contribution is 5.98. The molecule has 2 fully saturated rings. The Morgan fingerprint density at radius 3 is 2.42 bits per heavy atom. The molecular formula is C20H25N3O3. The molecular weight excluding hydrogens is 330 g/mol. The molecule has 6 heteroatoms. The van der Waals surface area contributed by atoms with Crippen molar-refractivity contribution >= 4 is 22.7 Å². The summed E-state index contributed by atoms with van der Waals surface area (Å²) < 4.78 is 5.23. The molecule has 0 spiro atoms. The highest BCUT2D eigenvalue weighted by atomic mass is 16.5. The summed E-state index contributed by atoms with van der Waals surface area (Å²) in [6.07, 6.45) is 4.38. The van der Waals surface area contributed by atoms with E-state index < -0.39 is 0 Å². The summed E-state index contributed by atoms with van der Waals surface area (Å²) in [5.74, 6) is 1.25. The van der Waals surface area contributed by atoms with E-state index in [2.05, 4.69) is 4.98 Å². The molecule has 1 aliphatic heterocycles. The number of hydrogen-bond acceptors (Lipinski definition) is 3. The van der Waals surface area contributed by atoms with Crippen LogP contribution in [-0.4, -0.2) is 59.9 Å². The number of ether oxygens (including phenoxy) is 1. The molecule has 26 heavy (non-hydrogen) atoms. The molecule has 2 heterocycles. The average molecular weight is 355 g/mol. The van der Waals surface area contributed by atoms with Crippen LogP contribution in [-0.2, 0) is 4.79 Å². The van der Waals surface area contributed by atoms with E-state index >= 15 is 0 Å². The van der Waals surface area contributed by atoms with Crippen LogP contribution in [0.2, 0.25) is 0 Å². The van der Waals surface area contributed by atoms with Crippen molar-refractivity contribution in [2.24, 2.45) is 5.92 Å². The lowest BCUT2D eigenvalue weighted by Gasteiger charge is -2.35. The zero-order valence-corrected chi connectivity index (χ0v) is 15.2. The number of carbonyl (C=O) groups is 2. The smallest absolute Gasteiger partial charge is 0.270 e. The van der Waals surface area contributed by atoms with E-state index in [9.17, 15) is 9.59 Å². The summed E-state index contributed by atoms with van der Waals surface area (Å²) in [7, 11) is 1.63. The first-order chi connectivity index (χ1) is 12.7. The standard InChI is InChI=1S/C20H25N3O3/c1-26-16-7-6-15-12-18(21-17(15)13-16)20(25)23-10-8-22(9-11-23)19(24)14-4-2-3-5-14/h6-7,12-14,21H,2-5,8-11H2,1H3. The monoisotopic (exact) mass is 355 g/mol. The van der Waals surface area contributed by atoms with Gasteiger partial charge in [0.05, 0.1) is 7.11 Å². The molecule has 1 saturated carbocycles. The number of benzene rings is 1. The van der Waals surface area contributed by atoms with E-state index in [0.29, 0.717) is 31.9 Å². The maximum atomic E-state index is 12.8. The second kappa shape index (κ2) is 7.02. The molecule has 6 nitrogen and oxygen atoms in total. The van der Waals surface area contributed by atoms with Gasteiger partial charge in [0.15, 0.2) is 0 Å². The van der Waals surface area contributed by atoms with Gasteiger partial charge in [0.1, 0.15) is 11.4 Å². The summed E-state index contributed by atoms with van der Waals surface area (Å²) in [4.78, 5) is 32.3. The fraction of sp³-hybridized carbons (Fsp3) is 0.500. The number of methoxy groups -OCH3 is 1. The third kappa shape index (κ3) is 3.16. The first-order valence-corrected chi connectivity index (χ1v) is 9.40. The minimum absolute atomic E-state index is 0.00636. The molecule has 2 aliphatic rings. The molecule has 4 rings (SSSR count). The van der Waals surface area contributed by atoms with Gasteiger partial charge >= 0.3 is 0 Å².